The van der Waals surface area contributed by atoms with Crippen LogP contribution in [-0.4, -0.2) is 20.9 Å². The largest absolute Gasteiger partial charge is 0.373 e. The molecular formula is C19H20FN3O. The minimum Gasteiger partial charge on any atom is -0.373 e. The summed E-state index contributed by atoms with van der Waals surface area (Å²) < 4.78 is 16.6. The Balaban J connectivity index is 2.00. The van der Waals surface area contributed by atoms with Gasteiger partial charge in [0.2, 0.25) is 0 Å². The first kappa shape index (κ1) is 15.1. The van der Waals surface area contributed by atoms with Crippen LogP contribution in [0.2, 0.25) is 0 Å². The third-order valence-electron chi connectivity index (χ3n) is 4.55. The number of benzene rings is 1. The van der Waals surface area contributed by atoms with E-state index in [2.05, 4.69) is 36.3 Å². The van der Waals surface area contributed by atoms with Crippen LogP contribution in [0.3, 0.4) is 0 Å². The minimum atomic E-state index is -0.726. The molecule has 0 bridgehead atoms. The van der Waals surface area contributed by atoms with Crippen molar-refractivity contribution in [3.63, 3.8) is 0 Å². The maximum Gasteiger partial charge on any atom is 0.148 e. The Bertz CT molecular complexity index is 945. The molecule has 0 spiro atoms. The standard InChI is InChI=1S/C19H20FN3O/c1-10(2)16-7-12-5-4-11(3)21-19(12)23(16)14-6-13-8-17(24)22-18(13)15(20)9-14/h4-7,9-10,17,22,24H,8H2,1-3H3. The number of fused-ring (bicyclic) bond motifs is 2. The lowest BCUT2D eigenvalue weighted by Crippen LogP contribution is -2.13. The summed E-state index contributed by atoms with van der Waals surface area (Å²) in [4.78, 5) is 4.67. The van der Waals surface area contributed by atoms with Crippen LogP contribution in [0, 0.1) is 12.7 Å². The molecule has 5 heteroatoms. The fraction of sp³-hybridized carbons (Fsp3) is 0.316. The fourth-order valence-corrected chi connectivity index (χ4v) is 3.41. The maximum atomic E-state index is 14.5. The molecule has 2 aromatic heterocycles. The summed E-state index contributed by atoms with van der Waals surface area (Å²) in [6, 6.07) is 9.61. The van der Waals surface area contributed by atoms with Gasteiger partial charge in [-0.05, 0) is 42.7 Å². The molecule has 0 radical (unpaired) electrons. The molecule has 4 rings (SSSR count). The zero-order valence-corrected chi connectivity index (χ0v) is 14.0. The zero-order chi connectivity index (χ0) is 17.0. The van der Waals surface area contributed by atoms with Gasteiger partial charge >= 0.3 is 0 Å². The van der Waals surface area contributed by atoms with Crippen molar-refractivity contribution in [1.82, 2.24) is 9.55 Å². The Morgan fingerprint density at radius 2 is 2.08 bits per heavy atom. The lowest BCUT2D eigenvalue weighted by Gasteiger charge is -2.14. The third kappa shape index (κ3) is 2.27. The van der Waals surface area contributed by atoms with Crippen molar-refractivity contribution in [3.05, 3.63) is 53.1 Å². The summed E-state index contributed by atoms with van der Waals surface area (Å²) >= 11 is 0. The highest BCUT2D eigenvalue weighted by Gasteiger charge is 2.24. The number of nitrogens with zero attached hydrogens (tertiary/aromatic N) is 2. The second kappa shape index (κ2) is 5.31. The Labute approximate surface area is 140 Å². The monoisotopic (exact) mass is 325 g/mol. The van der Waals surface area contributed by atoms with Gasteiger partial charge in [-0.1, -0.05) is 13.8 Å². The minimum absolute atomic E-state index is 0.277. The average Bonchev–Trinajstić information content (AvgIpc) is 3.07. The fourth-order valence-electron chi connectivity index (χ4n) is 3.41. The number of aliphatic hydroxyl groups excluding tert-OH is 1. The first-order valence-corrected chi connectivity index (χ1v) is 8.20. The van der Waals surface area contributed by atoms with E-state index in [9.17, 15) is 9.50 Å². The van der Waals surface area contributed by atoms with Crippen molar-refractivity contribution in [2.24, 2.45) is 0 Å². The van der Waals surface area contributed by atoms with Crippen molar-refractivity contribution < 1.29 is 9.50 Å². The van der Waals surface area contributed by atoms with Gasteiger partial charge in [0.25, 0.3) is 0 Å². The van der Waals surface area contributed by atoms with Gasteiger partial charge in [-0.2, -0.15) is 0 Å². The summed E-state index contributed by atoms with van der Waals surface area (Å²) in [6.45, 7) is 6.19. The normalized spacial score (nSPS) is 16.7. The van der Waals surface area contributed by atoms with Crippen molar-refractivity contribution in [2.45, 2.75) is 39.3 Å². The maximum absolute atomic E-state index is 14.5. The summed E-state index contributed by atoms with van der Waals surface area (Å²) in [5.74, 6) is -0.0669. The van der Waals surface area contributed by atoms with Crippen LogP contribution >= 0.6 is 0 Å². The zero-order valence-electron chi connectivity index (χ0n) is 14.0. The van der Waals surface area contributed by atoms with Crippen molar-refractivity contribution in [3.8, 4) is 5.69 Å². The van der Waals surface area contributed by atoms with Gasteiger partial charge in [-0.15, -0.1) is 0 Å². The van der Waals surface area contributed by atoms with Crippen LogP contribution in [0.5, 0.6) is 0 Å². The molecule has 0 aliphatic carbocycles. The highest BCUT2D eigenvalue weighted by atomic mass is 19.1. The smallest absolute Gasteiger partial charge is 0.148 e. The average molecular weight is 325 g/mol. The van der Waals surface area contributed by atoms with E-state index in [1.165, 1.54) is 6.07 Å². The molecule has 0 amide bonds. The molecule has 1 aliphatic rings. The molecule has 0 saturated heterocycles. The van der Waals surface area contributed by atoms with Crippen LogP contribution in [0.15, 0.2) is 30.3 Å². The van der Waals surface area contributed by atoms with Crippen molar-refractivity contribution in [1.29, 1.82) is 0 Å². The second-order valence-corrected chi connectivity index (χ2v) is 6.75. The van der Waals surface area contributed by atoms with Crippen LogP contribution in [0.4, 0.5) is 10.1 Å². The van der Waals surface area contributed by atoms with Crippen LogP contribution in [-0.2, 0) is 6.42 Å². The second-order valence-electron chi connectivity index (χ2n) is 6.75. The summed E-state index contributed by atoms with van der Waals surface area (Å²) in [6.07, 6.45) is -0.320. The first-order valence-electron chi connectivity index (χ1n) is 8.20. The Morgan fingerprint density at radius 1 is 1.29 bits per heavy atom. The van der Waals surface area contributed by atoms with Crippen LogP contribution in [0.25, 0.3) is 16.7 Å². The predicted octanol–water partition coefficient (Wildman–Crippen LogP) is 3.88. The summed E-state index contributed by atoms with van der Waals surface area (Å²) in [5.41, 5.74) is 4.80. The van der Waals surface area contributed by atoms with Gasteiger partial charge in [0.15, 0.2) is 0 Å². The van der Waals surface area contributed by atoms with E-state index in [0.717, 1.165) is 33.7 Å². The van der Waals surface area contributed by atoms with E-state index >= 15 is 0 Å². The summed E-state index contributed by atoms with van der Waals surface area (Å²) in [5, 5.41) is 13.6. The Morgan fingerprint density at radius 3 is 2.83 bits per heavy atom. The lowest BCUT2D eigenvalue weighted by atomic mass is 10.1. The number of pyridine rings is 1. The lowest BCUT2D eigenvalue weighted by molar-refractivity contribution is 0.212. The number of aryl methyl sites for hydroxylation is 1. The Kier molecular flexibility index (Phi) is 3.35. The molecular weight excluding hydrogens is 305 g/mol. The van der Waals surface area contributed by atoms with E-state index in [-0.39, 0.29) is 11.7 Å². The molecule has 4 nitrogen and oxygen atoms in total. The van der Waals surface area contributed by atoms with Gasteiger partial charge in [-0.25, -0.2) is 9.37 Å². The number of halogens is 1. The topological polar surface area (TPSA) is 50.1 Å². The van der Waals surface area contributed by atoms with Crippen LogP contribution in [0.1, 0.15) is 36.7 Å². The van der Waals surface area contributed by atoms with Gasteiger partial charge in [-0.3, -0.25) is 4.57 Å². The number of hydrogen-bond donors (Lipinski definition) is 2. The highest BCUT2D eigenvalue weighted by molar-refractivity contribution is 5.80. The van der Waals surface area contributed by atoms with Gasteiger partial charge in [0.05, 0.1) is 11.4 Å². The summed E-state index contributed by atoms with van der Waals surface area (Å²) in [7, 11) is 0. The number of aliphatic hydroxyl groups is 1. The quantitative estimate of drug-likeness (QED) is 0.752. The third-order valence-corrected chi connectivity index (χ3v) is 4.55. The molecule has 0 fully saturated rings. The molecule has 2 N–H and O–H groups in total. The van der Waals surface area contributed by atoms with Gasteiger partial charge < -0.3 is 10.4 Å². The molecule has 1 unspecified atom stereocenters. The van der Waals surface area contributed by atoms with Crippen LogP contribution < -0.4 is 5.32 Å². The van der Waals surface area contributed by atoms with Gasteiger partial charge in [0.1, 0.15) is 17.7 Å². The number of aromatic nitrogens is 2. The van der Waals surface area contributed by atoms with E-state index < -0.39 is 6.23 Å². The number of hydrogen-bond acceptors (Lipinski definition) is 3. The number of anilines is 1. The molecule has 0 saturated carbocycles. The SMILES string of the molecule is Cc1ccc2cc(C(C)C)n(-c3cc(F)c4c(c3)CC(O)N4)c2n1. The molecule has 3 heterocycles. The molecule has 124 valence electrons. The molecule has 24 heavy (non-hydrogen) atoms. The van der Waals surface area contributed by atoms with E-state index in [1.54, 1.807) is 0 Å². The Hall–Kier alpha value is -2.40. The molecule has 3 aromatic rings. The van der Waals surface area contributed by atoms with E-state index in [1.807, 2.05) is 23.6 Å². The van der Waals surface area contributed by atoms with Gasteiger partial charge in [0, 0.05) is 29.3 Å². The number of nitrogens with one attached hydrogen (secondary N) is 1. The highest BCUT2D eigenvalue weighted by Crippen LogP contribution is 2.34. The molecule has 1 aromatic carbocycles. The van der Waals surface area contributed by atoms with Crippen molar-refractivity contribution >= 4 is 16.7 Å². The van der Waals surface area contributed by atoms with E-state index in [4.69, 9.17) is 0 Å². The number of rotatable bonds is 2. The first-order chi connectivity index (χ1) is 11.4. The molecule has 1 atom stereocenters. The predicted molar refractivity (Wildman–Crippen MR) is 93.2 cm³/mol. The molecule has 1 aliphatic heterocycles. The van der Waals surface area contributed by atoms with Crippen molar-refractivity contribution in [2.75, 3.05) is 5.32 Å². The van der Waals surface area contributed by atoms with E-state index in [0.29, 0.717) is 12.1 Å².